The van der Waals surface area contributed by atoms with E-state index in [0.717, 1.165) is 24.0 Å². The highest BCUT2D eigenvalue weighted by molar-refractivity contribution is 5.82. The Morgan fingerprint density at radius 2 is 1.54 bits per heavy atom. The molecule has 3 rings (SSSR count). The molecule has 1 nitrogen and oxygen atoms in total. The molecule has 0 aliphatic carbocycles. The second kappa shape index (κ2) is 9.23. The van der Waals surface area contributed by atoms with Gasteiger partial charge in [0, 0.05) is 18.3 Å². The molecule has 0 atom stereocenters. The fourth-order valence-electron chi connectivity index (χ4n) is 2.97. The highest BCUT2D eigenvalue weighted by Crippen LogP contribution is 2.30. The Hall–Kier alpha value is -3.07. The molecule has 0 heterocycles. The summed E-state index contributed by atoms with van der Waals surface area (Å²) in [5.41, 5.74) is 3.92. The molecule has 0 aliphatic rings. The second-order valence-electron chi connectivity index (χ2n) is 6.76. The Kier molecular flexibility index (Phi) is 6.49. The molecule has 0 unspecified atom stereocenters. The predicted molar refractivity (Wildman–Crippen MR) is 113 cm³/mol. The fourth-order valence-corrected chi connectivity index (χ4v) is 2.97. The van der Waals surface area contributed by atoms with Crippen LogP contribution in [0.15, 0.2) is 77.8 Å². The minimum absolute atomic E-state index is 0.0237. The van der Waals surface area contributed by atoms with Crippen molar-refractivity contribution >= 4 is 11.9 Å². The van der Waals surface area contributed by atoms with E-state index in [2.05, 4.69) is 11.1 Å². The van der Waals surface area contributed by atoms with E-state index in [1.54, 1.807) is 18.3 Å². The summed E-state index contributed by atoms with van der Waals surface area (Å²) in [4.78, 5) is 4.24. The zero-order valence-electron chi connectivity index (χ0n) is 16.1. The average molecular weight is 375 g/mol. The second-order valence-corrected chi connectivity index (χ2v) is 6.76. The molecule has 0 saturated carbocycles. The van der Waals surface area contributed by atoms with E-state index < -0.39 is 11.6 Å². The minimum atomic E-state index is -0.615. The van der Waals surface area contributed by atoms with Gasteiger partial charge in [-0.15, -0.1) is 0 Å². The number of nitrogens with zero attached hydrogens (tertiary/aromatic N) is 1. The van der Waals surface area contributed by atoms with Crippen molar-refractivity contribution in [3.63, 3.8) is 0 Å². The van der Waals surface area contributed by atoms with Crippen molar-refractivity contribution < 1.29 is 8.78 Å². The zero-order chi connectivity index (χ0) is 19.9. The zero-order valence-corrected chi connectivity index (χ0v) is 16.1. The van der Waals surface area contributed by atoms with Gasteiger partial charge in [-0.3, -0.25) is 4.99 Å². The number of aliphatic imine (C=N–C) groups is 1. The smallest absolute Gasteiger partial charge is 0.136 e. The number of hydrogen-bond donors (Lipinski definition) is 0. The summed E-state index contributed by atoms with van der Waals surface area (Å²) in [6.45, 7) is 3.95. The van der Waals surface area contributed by atoms with Gasteiger partial charge in [-0.05, 0) is 43.4 Å². The van der Waals surface area contributed by atoms with Gasteiger partial charge in [-0.2, -0.15) is 0 Å². The van der Waals surface area contributed by atoms with E-state index in [1.807, 2.05) is 56.3 Å². The third kappa shape index (κ3) is 5.01. The summed E-state index contributed by atoms with van der Waals surface area (Å²) in [5.74, 6) is -1.23. The van der Waals surface area contributed by atoms with Crippen molar-refractivity contribution in [2.75, 3.05) is 0 Å². The van der Waals surface area contributed by atoms with Gasteiger partial charge in [0.25, 0.3) is 0 Å². The predicted octanol–water partition coefficient (Wildman–Crippen LogP) is 7.20. The Morgan fingerprint density at radius 1 is 0.893 bits per heavy atom. The molecule has 0 fully saturated rings. The van der Waals surface area contributed by atoms with Crippen LogP contribution in [0.3, 0.4) is 0 Å². The number of aryl methyl sites for hydroxylation is 2. The first-order valence-corrected chi connectivity index (χ1v) is 9.37. The number of hydrogen-bond acceptors (Lipinski definition) is 1. The normalized spacial score (nSPS) is 11.6. The summed E-state index contributed by atoms with van der Waals surface area (Å²) < 4.78 is 29.0. The van der Waals surface area contributed by atoms with Gasteiger partial charge in [0.1, 0.15) is 11.6 Å². The van der Waals surface area contributed by atoms with Crippen LogP contribution in [0.25, 0.3) is 11.1 Å². The average Bonchev–Trinajstić information content (AvgIpc) is 2.68. The van der Waals surface area contributed by atoms with Crippen molar-refractivity contribution in [1.29, 1.82) is 0 Å². The quantitative estimate of drug-likeness (QED) is 0.319. The van der Waals surface area contributed by atoms with Gasteiger partial charge in [0.05, 0.1) is 11.3 Å². The fraction of sp³-hybridized carbons (Fsp3) is 0.160. The number of rotatable bonds is 6. The molecule has 0 aromatic heterocycles. The van der Waals surface area contributed by atoms with Crippen LogP contribution in [-0.2, 0) is 6.42 Å². The Labute approximate surface area is 165 Å². The van der Waals surface area contributed by atoms with E-state index in [4.69, 9.17) is 0 Å². The van der Waals surface area contributed by atoms with Crippen LogP contribution < -0.4 is 0 Å². The van der Waals surface area contributed by atoms with Crippen molar-refractivity contribution in [3.8, 4) is 11.1 Å². The first kappa shape index (κ1) is 19.7. The summed E-state index contributed by atoms with van der Waals surface area (Å²) in [6, 6.07) is 17.7. The molecule has 0 N–H and O–H groups in total. The highest BCUT2D eigenvalue weighted by Gasteiger charge is 2.13. The molecule has 0 saturated heterocycles. The van der Waals surface area contributed by atoms with Crippen molar-refractivity contribution in [1.82, 2.24) is 0 Å². The molecule has 3 aromatic rings. The lowest BCUT2D eigenvalue weighted by atomic mass is 10.0. The molecular weight excluding hydrogens is 352 g/mol. The van der Waals surface area contributed by atoms with E-state index in [1.165, 1.54) is 17.7 Å². The van der Waals surface area contributed by atoms with Crippen molar-refractivity contribution in [2.24, 2.45) is 4.99 Å². The van der Waals surface area contributed by atoms with Gasteiger partial charge in [0.2, 0.25) is 0 Å². The molecule has 3 heteroatoms. The van der Waals surface area contributed by atoms with Crippen LogP contribution in [0.5, 0.6) is 0 Å². The first-order valence-electron chi connectivity index (χ1n) is 9.37. The summed E-state index contributed by atoms with van der Waals surface area (Å²) in [5, 5.41) is 0. The molecule has 0 spiro atoms. The monoisotopic (exact) mass is 375 g/mol. The van der Waals surface area contributed by atoms with Gasteiger partial charge in [-0.25, -0.2) is 8.78 Å². The molecule has 28 heavy (non-hydrogen) atoms. The van der Waals surface area contributed by atoms with Gasteiger partial charge < -0.3 is 0 Å². The van der Waals surface area contributed by atoms with Gasteiger partial charge in [-0.1, -0.05) is 66.2 Å². The summed E-state index contributed by atoms with van der Waals surface area (Å²) in [7, 11) is 0. The highest BCUT2D eigenvalue weighted by atomic mass is 19.1. The maximum Gasteiger partial charge on any atom is 0.136 e. The van der Waals surface area contributed by atoms with E-state index in [9.17, 15) is 8.78 Å². The van der Waals surface area contributed by atoms with E-state index >= 15 is 0 Å². The number of benzene rings is 3. The molecular formula is C25H23F2N. The Bertz CT molecular complexity index is 961. The van der Waals surface area contributed by atoms with Gasteiger partial charge >= 0.3 is 0 Å². The van der Waals surface area contributed by atoms with Gasteiger partial charge in [0.15, 0.2) is 0 Å². The van der Waals surface area contributed by atoms with Crippen molar-refractivity contribution in [3.05, 3.63) is 101 Å². The summed E-state index contributed by atoms with van der Waals surface area (Å²) in [6.07, 6.45) is 7.80. The lowest BCUT2D eigenvalue weighted by Crippen LogP contribution is -1.91. The van der Waals surface area contributed by atoms with Crippen LogP contribution >= 0.6 is 0 Å². The molecule has 0 radical (unpaired) electrons. The topological polar surface area (TPSA) is 12.4 Å². The van der Waals surface area contributed by atoms with E-state index in [0.29, 0.717) is 5.56 Å². The Balaban J connectivity index is 1.76. The van der Waals surface area contributed by atoms with Crippen LogP contribution in [0.4, 0.5) is 14.5 Å². The van der Waals surface area contributed by atoms with Crippen LogP contribution in [0.2, 0.25) is 0 Å². The lowest BCUT2D eigenvalue weighted by molar-refractivity contribution is 0.590. The van der Waals surface area contributed by atoms with Crippen LogP contribution in [0.1, 0.15) is 30.0 Å². The third-order valence-electron chi connectivity index (χ3n) is 4.54. The minimum Gasteiger partial charge on any atom is -0.256 e. The maximum absolute atomic E-state index is 14.5. The maximum atomic E-state index is 14.5. The van der Waals surface area contributed by atoms with Crippen molar-refractivity contribution in [2.45, 2.75) is 26.7 Å². The molecule has 3 aromatic carbocycles. The number of allylic oxidation sites excluding steroid dienone is 2. The third-order valence-corrected chi connectivity index (χ3v) is 4.54. The largest absolute Gasteiger partial charge is 0.256 e. The molecule has 142 valence electrons. The lowest BCUT2D eigenvalue weighted by Gasteiger charge is -2.07. The molecule has 0 aliphatic heterocycles. The number of halogens is 2. The first-order chi connectivity index (χ1) is 13.6. The van der Waals surface area contributed by atoms with Crippen LogP contribution in [-0.4, -0.2) is 6.21 Å². The molecule has 0 amide bonds. The standard InChI is InChI=1S/C25H23F2N/c1-3-4-5-6-19-9-11-20(12-10-19)17-28-22-15-23(26)25(24(27)16-22)21-13-7-18(2)8-14-21/h3-4,7-17H,5-6H2,1-2H3/b4-3+,28-17?. The Morgan fingerprint density at radius 3 is 2.14 bits per heavy atom. The SMILES string of the molecule is C/C=C/CCc1ccc(C=Nc2cc(F)c(-c3ccc(C)cc3)c(F)c2)cc1. The molecule has 0 bridgehead atoms. The summed E-state index contributed by atoms with van der Waals surface area (Å²) >= 11 is 0. The van der Waals surface area contributed by atoms with E-state index in [-0.39, 0.29) is 11.3 Å². The van der Waals surface area contributed by atoms with Crippen LogP contribution in [0, 0.1) is 18.6 Å².